The molecule has 0 unspecified atom stereocenters. The minimum atomic E-state index is -4.46. The lowest BCUT2D eigenvalue weighted by molar-refractivity contribution is -0.173. The Morgan fingerprint density at radius 1 is 1.35 bits per heavy atom. The molecule has 0 aliphatic rings. The van der Waals surface area contributed by atoms with E-state index >= 15 is 0 Å². The lowest BCUT2D eigenvalue weighted by Crippen LogP contribution is -2.18. The number of aromatic carboxylic acids is 1. The number of hydrogen-bond donors (Lipinski definition) is 1. The minimum Gasteiger partial charge on any atom is -0.475 e. The monoisotopic (exact) mass is 316 g/mol. The predicted octanol–water partition coefficient (Wildman–Crippen LogP) is 1.72. The summed E-state index contributed by atoms with van der Waals surface area (Å²) in [6, 6.07) is 1.96. The van der Waals surface area contributed by atoms with E-state index in [1.807, 2.05) is 0 Å². The van der Waals surface area contributed by atoms with Gasteiger partial charge >= 0.3 is 12.1 Å². The van der Waals surface area contributed by atoms with Gasteiger partial charge in [-0.2, -0.15) is 13.2 Å². The number of rotatable bonds is 7. The molecule has 0 saturated carbocycles. The number of alkyl halides is 3. The van der Waals surface area contributed by atoms with E-state index in [1.54, 1.807) is 0 Å². The van der Waals surface area contributed by atoms with Crippen molar-refractivity contribution in [2.24, 2.45) is 0 Å². The Bertz CT molecular complexity index is 560. The van der Waals surface area contributed by atoms with Crippen molar-refractivity contribution in [3.63, 3.8) is 0 Å². The number of furan rings is 1. The van der Waals surface area contributed by atoms with Gasteiger partial charge in [-0.05, 0) is 18.6 Å². The average Bonchev–Trinajstić information content (AvgIpc) is 2.76. The van der Waals surface area contributed by atoms with Crippen LogP contribution in [0, 0.1) is 0 Å². The summed E-state index contributed by atoms with van der Waals surface area (Å²) in [5.74, 6) is -2.45. The number of halogens is 3. The van der Waals surface area contributed by atoms with Gasteiger partial charge in [0.1, 0.15) is 6.61 Å². The molecule has 20 heavy (non-hydrogen) atoms. The highest BCUT2D eigenvalue weighted by molar-refractivity contribution is 7.91. The number of carboxylic acid groups (broad SMARTS) is 1. The second kappa shape index (κ2) is 6.27. The quantitative estimate of drug-likeness (QED) is 0.770. The fraction of sp³-hybridized carbons (Fsp3) is 0.500. The summed E-state index contributed by atoms with van der Waals surface area (Å²) < 4.78 is 67.4. The molecule has 10 heteroatoms. The molecular weight excluding hydrogens is 305 g/mol. The van der Waals surface area contributed by atoms with Crippen LogP contribution in [0.1, 0.15) is 17.0 Å². The normalized spacial score (nSPS) is 12.6. The predicted molar refractivity (Wildman–Crippen MR) is 59.2 cm³/mol. The van der Waals surface area contributed by atoms with Crippen LogP contribution in [-0.2, 0) is 14.6 Å². The zero-order valence-corrected chi connectivity index (χ0v) is 10.8. The third-order valence-electron chi connectivity index (χ3n) is 2.07. The molecule has 0 aliphatic carbocycles. The first kappa shape index (κ1) is 16.5. The first-order chi connectivity index (χ1) is 9.12. The molecule has 0 radical (unpaired) electrons. The van der Waals surface area contributed by atoms with Crippen molar-refractivity contribution in [1.29, 1.82) is 0 Å². The number of hydrogen-bond acceptors (Lipinski definition) is 5. The zero-order valence-electron chi connectivity index (χ0n) is 10.0. The van der Waals surface area contributed by atoms with Gasteiger partial charge in [-0.25, -0.2) is 13.2 Å². The Morgan fingerprint density at radius 2 is 2.00 bits per heavy atom. The Balaban J connectivity index is 2.47. The van der Waals surface area contributed by atoms with E-state index in [2.05, 4.69) is 9.15 Å². The van der Waals surface area contributed by atoms with Crippen molar-refractivity contribution >= 4 is 15.8 Å². The van der Waals surface area contributed by atoms with Gasteiger partial charge < -0.3 is 14.3 Å². The van der Waals surface area contributed by atoms with Gasteiger partial charge in [0.25, 0.3) is 0 Å². The average molecular weight is 316 g/mol. The van der Waals surface area contributed by atoms with Crippen LogP contribution >= 0.6 is 0 Å². The largest absolute Gasteiger partial charge is 0.475 e. The molecule has 0 aromatic carbocycles. The molecule has 0 aliphatic heterocycles. The highest BCUT2D eigenvalue weighted by Crippen LogP contribution is 2.17. The van der Waals surface area contributed by atoms with Crippen LogP contribution < -0.4 is 0 Å². The van der Waals surface area contributed by atoms with Gasteiger partial charge in [-0.15, -0.1) is 0 Å². The molecule has 1 N–H and O–H groups in total. The van der Waals surface area contributed by atoms with Gasteiger partial charge in [0.2, 0.25) is 20.7 Å². The van der Waals surface area contributed by atoms with Crippen LogP contribution in [0.5, 0.6) is 0 Å². The van der Waals surface area contributed by atoms with Crippen LogP contribution in [0.25, 0.3) is 0 Å². The molecular formula is C10H11F3O6S. The summed E-state index contributed by atoms with van der Waals surface area (Å²) >= 11 is 0. The third-order valence-corrected chi connectivity index (χ3v) is 3.72. The molecule has 6 nitrogen and oxygen atoms in total. The van der Waals surface area contributed by atoms with Crippen molar-refractivity contribution in [3.05, 3.63) is 17.9 Å². The van der Waals surface area contributed by atoms with Crippen molar-refractivity contribution < 1.29 is 40.6 Å². The molecule has 0 fully saturated rings. The highest BCUT2D eigenvalue weighted by atomic mass is 32.2. The summed E-state index contributed by atoms with van der Waals surface area (Å²) in [5, 5.41) is 8.03. The third kappa shape index (κ3) is 5.21. The molecule has 0 amide bonds. The molecule has 1 rings (SSSR count). The molecule has 1 aromatic heterocycles. The van der Waals surface area contributed by atoms with Gasteiger partial charge in [0, 0.05) is 6.61 Å². The molecule has 114 valence electrons. The molecule has 1 heterocycles. The maximum Gasteiger partial charge on any atom is 0.411 e. The van der Waals surface area contributed by atoms with E-state index < -0.39 is 45.2 Å². The van der Waals surface area contributed by atoms with Gasteiger partial charge in [0.05, 0.1) is 5.75 Å². The summed E-state index contributed by atoms with van der Waals surface area (Å²) in [6.45, 7) is -1.83. The van der Waals surface area contributed by atoms with Crippen LogP contribution in [0.2, 0.25) is 0 Å². The van der Waals surface area contributed by atoms with E-state index in [1.165, 1.54) is 0 Å². The fourth-order valence-corrected chi connectivity index (χ4v) is 2.43. The van der Waals surface area contributed by atoms with E-state index in [-0.39, 0.29) is 13.0 Å². The topological polar surface area (TPSA) is 93.8 Å². The lowest BCUT2D eigenvalue weighted by atomic mass is 10.5. The van der Waals surface area contributed by atoms with Gasteiger partial charge in [0.15, 0.2) is 0 Å². The van der Waals surface area contributed by atoms with Gasteiger partial charge in [-0.3, -0.25) is 0 Å². The van der Waals surface area contributed by atoms with Crippen molar-refractivity contribution in [3.8, 4) is 0 Å². The van der Waals surface area contributed by atoms with Crippen LogP contribution in [0.3, 0.4) is 0 Å². The molecule has 0 spiro atoms. The zero-order chi connectivity index (χ0) is 15.4. The molecule has 1 aromatic rings. The second-order valence-corrected chi connectivity index (χ2v) is 5.80. The standard InChI is InChI=1S/C10H11F3O6S/c11-10(12,13)6-18-4-1-5-20(16,17)8-3-2-7(19-8)9(14)15/h2-3H,1,4-6H2,(H,14,15). The SMILES string of the molecule is O=C(O)c1ccc(S(=O)(=O)CCCOCC(F)(F)F)o1. The Labute approximate surface area is 112 Å². The summed E-state index contributed by atoms with van der Waals surface area (Å²) in [5.41, 5.74) is 0. The maximum absolute atomic E-state index is 11.7. The van der Waals surface area contributed by atoms with E-state index in [0.29, 0.717) is 0 Å². The lowest BCUT2D eigenvalue weighted by Gasteiger charge is -2.07. The number of carboxylic acids is 1. The van der Waals surface area contributed by atoms with Crippen LogP contribution in [0.4, 0.5) is 13.2 Å². The van der Waals surface area contributed by atoms with E-state index in [0.717, 1.165) is 12.1 Å². The van der Waals surface area contributed by atoms with Crippen molar-refractivity contribution in [2.45, 2.75) is 17.7 Å². The number of ether oxygens (including phenoxy) is 1. The highest BCUT2D eigenvalue weighted by Gasteiger charge is 2.27. The van der Waals surface area contributed by atoms with E-state index in [4.69, 9.17) is 5.11 Å². The minimum absolute atomic E-state index is 0.165. The Morgan fingerprint density at radius 3 is 2.50 bits per heavy atom. The first-order valence-corrected chi connectivity index (χ1v) is 6.97. The fourth-order valence-electron chi connectivity index (χ4n) is 1.24. The summed E-state index contributed by atoms with van der Waals surface area (Å²) in [7, 11) is -3.88. The molecule has 0 atom stereocenters. The van der Waals surface area contributed by atoms with Gasteiger partial charge in [-0.1, -0.05) is 0 Å². The maximum atomic E-state index is 11.7. The smallest absolute Gasteiger partial charge is 0.411 e. The molecule has 0 bridgehead atoms. The summed E-state index contributed by atoms with van der Waals surface area (Å²) in [4.78, 5) is 10.5. The Hall–Kier alpha value is -1.55. The van der Waals surface area contributed by atoms with Crippen molar-refractivity contribution in [2.75, 3.05) is 19.0 Å². The number of sulfone groups is 1. The van der Waals surface area contributed by atoms with Crippen LogP contribution in [-0.4, -0.2) is 44.6 Å². The number of carbonyl (C=O) groups is 1. The second-order valence-electron chi connectivity index (χ2n) is 3.76. The Kier molecular flexibility index (Phi) is 5.17. The van der Waals surface area contributed by atoms with Crippen LogP contribution in [0.15, 0.2) is 21.6 Å². The first-order valence-electron chi connectivity index (χ1n) is 5.32. The van der Waals surface area contributed by atoms with E-state index in [9.17, 15) is 26.4 Å². The summed E-state index contributed by atoms with van der Waals surface area (Å²) in [6.07, 6.45) is -4.63. The molecule has 0 saturated heterocycles. The van der Waals surface area contributed by atoms with Crippen molar-refractivity contribution in [1.82, 2.24) is 0 Å².